The summed E-state index contributed by atoms with van der Waals surface area (Å²) in [6.07, 6.45) is 5.68. The van der Waals surface area contributed by atoms with Gasteiger partial charge in [0.05, 0.1) is 7.11 Å². The van der Waals surface area contributed by atoms with Gasteiger partial charge in [-0.25, -0.2) is 9.97 Å². The van der Waals surface area contributed by atoms with Crippen molar-refractivity contribution in [2.45, 2.75) is 19.8 Å². The molecule has 1 fully saturated rings. The lowest BCUT2D eigenvalue weighted by Gasteiger charge is -2.18. The van der Waals surface area contributed by atoms with Crippen LogP contribution in [-0.4, -0.2) is 36.1 Å². The molecule has 0 unspecified atom stereocenters. The number of hydrogen-bond acceptors (Lipinski definition) is 6. The Bertz CT molecular complexity index is 1090. The van der Waals surface area contributed by atoms with Crippen molar-refractivity contribution >= 4 is 35.0 Å². The molecule has 0 atom stereocenters. The van der Waals surface area contributed by atoms with Gasteiger partial charge in [-0.3, -0.25) is 4.79 Å². The van der Waals surface area contributed by atoms with Crippen molar-refractivity contribution in [2.24, 2.45) is 0 Å². The fraction of sp³-hybridized carbons (Fsp3) is 0.240. The predicted octanol–water partition coefficient (Wildman–Crippen LogP) is 4.79. The van der Waals surface area contributed by atoms with Crippen molar-refractivity contribution in [3.05, 3.63) is 72.1 Å². The van der Waals surface area contributed by atoms with E-state index >= 15 is 0 Å². The van der Waals surface area contributed by atoms with E-state index in [2.05, 4.69) is 25.5 Å². The number of rotatable bonds is 7. The molecule has 1 aliphatic heterocycles. The molecule has 1 aromatic heterocycles. The summed E-state index contributed by atoms with van der Waals surface area (Å²) >= 11 is 0. The molecule has 0 saturated carbocycles. The molecular weight excluding hydrogens is 402 g/mol. The van der Waals surface area contributed by atoms with Crippen LogP contribution < -0.4 is 20.3 Å². The summed E-state index contributed by atoms with van der Waals surface area (Å²) in [6, 6.07) is 17.0. The monoisotopic (exact) mass is 429 g/mol. The molecule has 2 N–H and O–H groups in total. The summed E-state index contributed by atoms with van der Waals surface area (Å²) in [6.45, 7) is 3.98. The van der Waals surface area contributed by atoms with E-state index in [1.807, 2.05) is 61.5 Å². The van der Waals surface area contributed by atoms with Crippen LogP contribution in [-0.2, 0) is 4.79 Å². The van der Waals surface area contributed by atoms with E-state index in [-0.39, 0.29) is 5.91 Å². The number of hydrogen-bond donors (Lipinski definition) is 2. The molecule has 1 aliphatic rings. The minimum Gasteiger partial charge on any atom is -0.497 e. The predicted molar refractivity (Wildman–Crippen MR) is 129 cm³/mol. The zero-order chi connectivity index (χ0) is 22.3. The molecule has 0 radical (unpaired) electrons. The smallest absolute Gasteiger partial charge is 0.248 e. The van der Waals surface area contributed by atoms with Crippen molar-refractivity contribution in [2.75, 3.05) is 35.7 Å². The number of nitrogens with zero attached hydrogens (tertiary/aromatic N) is 3. The highest BCUT2D eigenvalue weighted by Crippen LogP contribution is 2.23. The third kappa shape index (κ3) is 5.63. The van der Waals surface area contributed by atoms with E-state index in [0.717, 1.165) is 53.2 Å². The molecule has 164 valence electrons. The molecule has 7 nitrogen and oxygen atoms in total. The van der Waals surface area contributed by atoms with E-state index < -0.39 is 0 Å². The SMILES string of the molecule is COc1ccc(/C=C/C(=O)Nc2ccc(Nc3cc(N4CCCC4)nc(C)n3)cc2)cc1. The number of benzene rings is 2. The summed E-state index contributed by atoms with van der Waals surface area (Å²) < 4.78 is 5.14. The van der Waals surface area contributed by atoms with E-state index in [0.29, 0.717) is 0 Å². The maximum absolute atomic E-state index is 12.2. The lowest BCUT2D eigenvalue weighted by molar-refractivity contribution is -0.111. The molecule has 0 bridgehead atoms. The molecule has 3 aromatic rings. The zero-order valence-corrected chi connectivity index (χ0v) is 18.3. The van der Waals surface area contributed by atoms with Crippen LogP contribution in [0.4, 0.5) is 23.0 Å². The Labute approximate surface area is 188 Å². The maximum atomic E-state index is 12.2. The second-order valence-electron chi connectivity index (χ2n) is 7.65. The Kier molecular flexibility index (Phi) is 6.65. The first-order chi connectivity index (χ1) is 15.6. The van der Waals surface area contributed by atoms with Gasteiger partial charge in [-0.1, -0.05) is 12.1 Å². The average molecular weight is 430 g/mol. The molecule has 2 heterocycles. The van der Waals surface area contributed by atoms with Crippen molar-refractivity contribution in [3.63, 3.8) is 0 Å². The lowest BCUT2D eigenvalue weighted by Crippen LogP contribution is -2.19. The fourth-order valence-electron chi connectivity index (χ4n) is 3.58. The van der Waals surface area contributed by atoms with Crippen LogP contribution in [0, 0.1) is 6.92 Å². The van der Waals surface area contributed by atoms with Gasteiger partial charge in [-0.05, 0) is 67.8 Å². The summed E-state index contributed by atoms with van der Waals surface area (Å²) in [5, 5.41) is 6.20. The number of nitrogens with one attached hydrogen (secondary N) is 2. The number of carbonyl (C=O) groups is 1. The number of aryl methyl sites for hydroxylation is 1. The highest BCUT2D eigenvalue weighted by atomic mass is 16.5. The number of aromatic nitrogens is 2. The van der Waals surface area contributed by atoms with Crippen molar-refractivity contribution in [1.29, 1.82) is 0 Å². The molecule has 32 heavy (non-hydrogen) atoms. The molecule has 1 saturated heterocycles. The van der Waals surface area contributed by atoms with E-state index in [9.17, 15) is 4.79 Å². The topological polar surface area (TPSA) is 79.4 Å². The normalized spacial score (nSPS) is 13.4. The van der Waals surface area contributed by atoms with Crippen LogP contribution in [0.15, 0.2) is 60.7 Å². The first-order valence-corrected chi connectivity index (χ1v) is 10.7. The van der Waals surface area contributed by atoms with E-state index in [4.69, 9.17) is 4.74 Å². The Balaban J connectivity index is 1.35. The number of anilines is 4. The molecule has 0 aliphatic carbocycles. The van der Waals surface area contributed by atoms with Crippen LogP contribution in [0.1, 0.15) is 24.2 Å². The van der Waals surface area contributed by atoms with Gasteiger partial charge >= 0.3 is 0 Å². The zero-order valence-electron chi connectivity index (χ0n) is 18.3. The summed E-state index contributed by atoms with van der Waals surface area (Å²) in [5.74, 6) is 3.06. The van der Waals surface area contributed by atoms with Crippen LogP contribution in [0.25, 0.3) is 6.08 Å². The summed E-state index contributed by atoms with van der Waals surface area (Å²) in [5.41, 5.74) is 2.53. The van der Waals surface area contributed by atoms with Crippen LogP contribution >= 0.6 is 0 Å². The number of amides is 1. The van der Waals surface area contributed by atoms with Gasteiger partial charge in [-0.15, -0.1) is 0 Å². The van der Waals surface area contributed by atoms with Gasteiger partial charge < -0.3 is 20.3 Å². The molecule has 0 spiro atoms. The highest BCUT2D eigenvalue weighted by molar-refractivity contribution is 6.02. The minimum atomic E-state index is -0.191. The van der Waals surface area contributed by atoms with E-state index in [1.54, 1.807) is 13.2 Å². The second-order valence-corrected chi connectivity index (χ2v) is 7.65. The average Bonchev–Trinajstić information content (AvgIpc) is 3.34. The number of carbonyl (C=O) groups excluding carboxylic acids is 1. The fourth-order valence-corrected chi connectivity index (χ4v) is 3.58. The number of ether oxygens (including phenoxy) is 1. The third-order valence-corrected chi connectivity index (χ3v) is 5.22. The quantitative estimate of drug-likeness (QED) is 0.526. The molecule has 4 rings (SSSR count). The molecule has 7 heteroatoms. The molecule has 2 aromatic carbocycles. The molecular formula is C25H27N5O2. The second kappa shape index (κ2) is 9.96. The Morgan fingerprint density at radius 3 is 2.38 bits per heavy atom. The van der Waals surface area contributed by atoms with Crippen LogP contribution in [0.5, 0.6) is 5.75 Å². The molecule has 1 amide bonds. The lowest BCUT2D eigenvalue weighted by atomic mass is 10.2. The van der Waals surface area contributed by atoms with Gasteiger partial charge in [0.2, 0.25) is 5.91 Å². The summed E-state index contributed by atoms with van der Waals surface area (Å²) in [4.78, 5) is 23.6. The van der Waals surface area contributed by atoms with Crippen molar-refractivity contribution in [1.82, 2.24) is 9.97 Å². The van der Waals surface area contributed by atoms with Gasteiger partial charge in [0.1, 0.15) is 23.2 Å². The van der Waals surface area contributed by atoms with Crippen molar-refractivity contribution < 1.29 is 9.53 Å². The minimum absolute atomic E-state index is 0.191. The van der Waals surface area contributed by atoms with Crippen LogP contribution in [0.2, 0.25) is 0 Å². The van der Waals surface area contributed by atoms with E-state index in [1.165, 1.54) is 18.9 Å². The van der Waals surface area contributed by atoms with Crippen molar-refractivity contribution in [3.8, 4) is 5.75 Å². The highest BCUT2D eigenvalue weighted by Gasteiger charge is 2.15. The van der Waals surface area contributed by atoms with Gasteiger partial charge in [-0.2, -0.15) is 0 Å². The standard InChI is InChI=1S/C25H27N5O2/c1-18-26-23(17-24(27-18)30-15-3-4-16-30)28-20-8-10-21(11-9-20)29-25(31)14-7-19-5-12-22(32-2)13-6-19/h5-14,17H,3-4,15-16H2,1-2H3,(H,29,31)(H,26,27,28)/b14-7+. The number of methoxy groups -OCH3 is 1. The Hall–Kier alpha value is -3.87. The maximum Gasteiger partial charge on any atom is 0.248 e. The summed E-state index contributed by atoms with van der Waals surface area (Å²) in [7, 11) is 1.62. The first kappa shape index (κ1) is 21.4. The first-order valence-electron chi connectivity index (χ1n) is 10.7. The Morgan fingerprint density at radius 1 is 1.00 bits per heavy atom. The van der Waals surface area contributed by atoms with Crippen LogP contribution in [0.3, 0.4) is 0 Å². The third-order valence-electron chi connectivity index (χ3n) is 5.22. The Morgan fingerprint density at radius 2 is 1.69 bits per heavy atom. The van der Waals surface area contributed by atoms with Gasteiger partial charge in [0.25, 0.3) is 0 Å². The largest absolute Gasteiger partial charge is 0.497 e. The van der Waals surface area contributed by atoms with Gasteiger partial charge in [0, 0.05) is 36.6 Å². The van der Waals surface area contributed by atoms with Gasteiger partial charge in [0.15, 0.2) is 0 Å².